The summed E-state index contributed by atoms with van der Waals surface area (Å²) in [5.74, 6) is 0.177. The molecule has 1 aromatic carbocycles. The van der Waals surface area contributed by atoms with Crippen LogP contribution in [-0.2, 0) is 4.79 Å². The van der Waals surface area contributed by atoms with Crippen LogP contribution in [0.2, 0.25) is 0 Å². The minimum Gasteiger partial charge on any atom is -0.355 e. The smallest absolute Gasteiger partial charge is 0.230 e. The molecule has 0 heterocycles. The van der Waals surface area contributed by atoms with E-state index in [9.17, 15) is 9.18 Å². The molecule has 94 valence electrons. The number of rotatable bonds is 6. The van der Waals surface area contributed by atoms with Crippen LogP contribution in [0.25, 0.3) is 0 Å². The van der Waals surface area contributed by atoms with Crippen molar-refractivity contribution in [2.75, 3.05) is 12.3 Å². The van der Waals surface area contributed by atoms with E-state index in [2.05, 4.69) is 5.32 Å². The molecule has 17 heavy (non-hydrogen) atoms. The van der Waals surface area contributed by atoms with E-state index in [1.165, 1.54) is 17.8 Å². The topological polar surface area (TPSA) is 29.1 Å². The molecule has 0 aromatic heterocycles. The van der Waals surface area contributed by atoms with E-state index in [-0.39, 0.29) is 17.0 Å². The summed E-state index contributed by atoms with van der Waals surface area (Å²) in [4.78, 5) is 11.4. The highest BCUT2D eigenvalue weighted by Gasteiger charge is 2.12. The third kappa shape index (κ3) is 4.77. The molecule has 0 radical (unpaired) electrons. The average Bonchev–Trinajstić information content (AvgIpc) is 2.34. The van der Waals surface area contributed by atoms with Crippen LogP contribution >= 0.6 is 11.8 Å². The van der Waals surface area contributed by atoms with Crippen molar-refractivity contribution in [2.45, 2.75) is 25.5 Å². The van der Waals surface area contributed by atoms with Gasteiger partial charge in [0.2, 0.25) is 5.91 Å². The molecule has 2 nitrogen and oxygen atoms in total. The van der Waals surface area contributed by atoms with Gasteiger partial charge in [0.1, 0.15) is 5.82 Å². The molecule has 1 amide bonds. The second-order valence-corrected chi connectivity index (χ2v) is 5.15. The van der Waals surface area contributed by atoms with E-state index in [0.717, 1.165) is 6.42 Å². The van der Waals surface area contributed by atoms with Crippen molar-refractivity contribution >= 4 is 17.7 Å². The predicted molar refractivity (Wildman–Crippen MR) is 70.6 cm³/mol. The van der Waals surface area contributed by atoms with Crippen molar-refractivity contribution in [1.82, 2.24) is 5.32 Å². The summed E-state index contributed by atoms with van der Waals surface area (Å²) in [6.45, 7) is 4.62. The number of benzene rings is 1. The molecule has 1 aromatic rings. The van der Waals surface area contributed by atoms with Crippen molar-refractivity contribution in [3.05, 3.63) is 35.6 Å². The molecule has 0 aliphatic carbocycles. The fraction of sp³-hybridized carbons (Fsp3) is 0.462. The minimum atomic E-state index is -0.207. The van der Waals surface area contributed by atoms with Crippen LogP contribution in [-0.4, -0.2) is 18.2 Å². The van der Waals surface area contributed by atoms with Gasteiger partial charge in [-0.3, -0.25) is 4.79 Å². The van der Waals surface area contributed by atoms with Gasteiger partial charge < -0.3 is 5.32 Å². The monoisotopic (exact) mass is 255 g/mol. The normalized spacial score (nSPS) is 12.2. The molecule has 0 saturated carbocycles. The predicted octanol–water partition coefficient (Wildman–Crippen LogP) is 3.15. The zero-order valence-corrected chi connectivity index (χ0v) is 11.0. The van der Waals surface area contributed by atoms with Gasteiger partial charge in [-0.15, -0.1) is 11.8 Å². The van der Waals surface area contributed by atoms with Gasteiger partial charge in [0.05, 0.1) is 5.75 Å². The second-order valence-electron chi connectivity index (χ2n) is 3.82. The number of hydrogen-bond acceptors (Lipinski definition) is 2. The number of carbonyl (C=O) groups is 1. The molecular formula is C13H18FNOS. The number of hydrogen-bond donors (Lipinski definition) is 1. The molecule has 1 atom stereocenters. The Balaban J connectivity index is 2.42. The highest BCUT2D eigenvalue weighted by Crippen LogP contribution is 2.29. The van der Waals surface area contributed by atoms with Gasteiger partial charge in [0.25, 0.3) is 0 Å². The molecule has 0 aliphatic heterocycles. The van der Waals surface area contributed by atoms with Crippen LogP contribution in [0.1, 0.15) is 31.1 Å². The van der Waals surface area contributed by atoms with Gasteiger partial charge in [-0.2, -0.15) is 0 Å². The van der Waals surface area contributed by atoms with Gasteiger partial charge in [0.15, 0.2) is 0 Å². The molecule has 0 aliphatic rings. The molecule has 0 bridgehead atoms. The van der Waals surface area contributed by atoms with Gasteiger partial charge in [-0.25, -0.2) is 4.39 Å². The Labute approximate surface area is 106 Å². The van der Waals surface area contributed by atoms with E-state index in [1.807, 2.05) is 19.9 Å². The third-order valence-corrected chi connectivity index (χ3v) is 3.56. The standard InChI is InChI=1S/C13H18FNOS/c1-3-8-15-13(16)9-17-10(2)11-6-4-5-7-12(11)14/h4-7,10H,3,8-9H2,1-2H3,(H,15,16)/t10-/m0/s1. The molecular weight excluding hydrogens is 237 g/mol. The highest BCUT2D eigenvalue weighted by molar-refractivity contribution is 8.00. The molecule has 0 fully saturated rings. The van der Waals surface area contributed by atoms with Crippen LogP contribution in [0, 0.1) is 5.82 Å². The maximum absolute atomic E-state index is 13.5. The first kappa shape index (κ1) is 14.0. The summed E-state index contributed by atoms with van der Waals surface area (Å²) in [5.41, 5.74) is 0.654. The summed E-state index contributed by atoms with van der Waals surface area (Å²) in [7, 11) is 0. The number of thioether (sulfide) groups is 1. The maximum Gasteiger partial charge on any atom is 0.230 e. The van der Waals surface area contributed by atoms with Gasteiger partial charge in [0, 0.05) is 17.4 Å². The summed E-state index contributed by atoms with van der Waals surface area (Å²) in [5, 5.41) is 2.79. The maximum atomic E-state index is 13.5. The van der Waals surface area contributed by atoms with Gasteiger partial charge >= 0.3 is 0 Å². The Bertz CT molecular complexity index is 370. The lowest BCUT2D eigenvalue weighted by atomic mass is 10.1. The molecule has 0 saturated heterocycles. The summed E-state index contributed by atoms with van der Waals surface area (Å²) < 4.78 is 13.5. The van der Waals surface area contributed by atoms with E-state index in [4.69, 9.17) is 0 Å². The van der Waals surface area contributed by atoms with Crippen LogP contribution < -0.4 is 5.32 Å². The Hall–Kier alpha value is -1.03. The fourth-order valence-corrected chi connectivity index (χ4v) is 2.28. The number of amides is 1. The van der Waals surface area contributed by atoms with Crippen LogP contribution in [0.5, 0.6) is 0 Å². The molecule has 0 unspecified atom stereocenters. The Morgan fingerprint density at radius 3 is 2.82 bits per heavy atom. The number of halogens is 1. The summed E-state index contributed by atoms with van der Waals surface area (Å²) >= 11 is 1.45. The van der Waals surface area contributed by atoms with Crippen LogP contribution in [0.3, 0.4) is 0 Å². The van der Waals surface area contributed by atoms with Crippen molar-refractivity contribution in [2.24, 2.45) is 0 Å². The van der Waals surface area contributed by atoms with E-state index < -0.39 is 0 Å². The quantitative estimate of drug-likeness (QED) is 0.846. The third-order valence-electron chi connectivity index (χ3n) is 2.38. The van der Waals surface area contributed by atoms with Crippen molar-refractivity contribution in [3.8, 4) is 0 Å². The van der Waals surface area contributed by atoms with Gasteiger partial charge in [-0.1, -0.05) is 25.1 Å². The lowest BCUT2D eigenvalue weighted by Crippen LogP contribution is -2.25. The summed E-state index contributed by atoms with van der Waals surface area (Å²) in [6, 6.07) is 6.69. The van der Waals surface area contributed by atoms with E-state index in [0.29, 0.717) is 17.9 Å². The number of carbonyl (C=O) groups excluding carboxylic acids is 1. The minimum absolute atomic E-state index is 0.0106. The molecule has 1 rings (SSSR count). The first-order valence-electron chi connectivity index (χ1n) is 5.78. The number of nitrogens with one attached hydrogen (secondary N) is 1. The summed E-state index contributed by atoms with van der Waals surface area (Å²) in [6.07, 6.45) is 0.930. The lowest BCUT2D eigenvalue weighted by molar-refractivity contribution is -0.118. The van der Waals surface area contributed by atoms with Crippen LogP contribution in [0.4, 0.5) is 4.39 Å². The largest absolute Gasteiger partial charge is 0.355 e. The van der Waals surface area contributed by atoms with Crippen molar-refractivity contribution in [3.63, 3.8) is 0 Å². The molecule has 1 N–H and O–H groups in total. The van der Waals surface area contributed by atoms with Crippen molar-refractivity contribution < 1.29 is 9.18 Å². The first-order valence-corrected chi connectivity index (χ1v) is 6.82. The Kier molecular flexibility index (Phi) is 6.05. The second kappa shape index (κ2) is 7.33. The van der Waals surface area contributed by atoms with Crippen LogP contribution in [0.15, 0.2) is 24.3 Å². The zero-order chi connectivity index (χ0) is 12.7. The first-order chi connectivity index (χ1) is 8.15. The Morgan fingerprint density at radius 2 is 2.18 bits per heavy atom. The average molecular weight is 255 g/mol. The molecule has 0 spiro atoms. The van der Waals surface area contributed by atoms with Gasteiger partial charge in [-0.05, 0) is 19.4 Å². The van der Waals surface area contributed by atoms with E-state index >= 15 is 0 Å². The zero-order valence-electron chi connectivity index (χ0n) is 10.2. The highest BCUT2D eigenvalue weighted by atomic mass is 32.2. The fourth-order valence-electron chi connectivity index (χ4n) is 1.41. The Morgan fingerprint density at radius 1 is 1.47 bits per heavy atom. The molecule has 4 heteroatoms. The van der Waals surface area contributed by atoms with E-state index in [1.54, 1.807) is 12.1 Å². The SMILES string of the molecule is CCCNC(=O)CS[C@@H](C)c1ccccc1F. The lowest BCUT2D eigenvalue weighted by Gasteiger charge is -2.12. The van der Waals surface area contributed by atoms with Crippen molar-refractivity contribution in [1.29, 1.82) is 0 Å².